The zero-order valence-corrected chi connectivity index (χ0v) is 16.8. The molecule has 1 saturated heterocycles. The van der Waals surface area contributed by atoms with Gasteiger partial charge in [-0.2, -0.15) is 0 Å². The summed E-state index contributed by atoms with van der Waals surface area (Å²) in [6, 6.07) is 15.3. The smallest absolute Gasteiger partial charge is 0.204 e. The molecule has 4 rings (SSSR count). The van der Waals surface area contributed by atoms with E-state index in [0.717, 1.165) is 37.6 Å². The zero-order chi connectivity index (χ0) is 18.8. The number of aromatic nitrogens is 3. The Morgan fingerprint density at radius 1 is 1.04 bits per heavy atom. The first-order valence-electron chi connectivity index (χ1n) is 8.64. The van der Waals surface area contributed by atoms with Crippen molar-refractivity contribution in [2.45, 2.75) is 6.67 Å². The third-order valence-corrected chi connectivity index (χ3v) is 5.40. The molecule has 0 aliphatic carbocycles. The highest BCUT2D eigenvalue weighted by molar-refractivity contribution is 7.71. The van der Waals surface area contributed by atoms with Crippen LogP contribution in [0.25, 0.3) is 17.1 Å². The highest BCUT2D eigenvalue weighted by Gasteiger charge is 2.19. The Labute approximate surface area is 172 Å². The summed E-state index contributed by atoms with van der Waals surface area (Å²) in [5.74, 6) is 0.695. The van der Waals surface area contributed by atoms with Crippen molar-refractivity contribution in [2.24, 2.45) is 0 Å². The van der Waals surface area contributed by atoms with Gasteiger partial charge < -0.3 is 4.74 Å². The molecular weight excluding hydrogens is 403 g/mol. The molecule has 5 nitrogen and oxygen atoms in total. The molecule has 1 fully saturated rings. The van der Waals surface area contributed by atoms with Crippen molar-refractivity contribution in [3.05, 3.63) is 63.3 Å². The number of morpholine rings is 1. The van der Waals surface area contributed by atoms with Crippen LogP contribution in [0.5, 0.6) is 0 Å². The average molecular weight is 421 g/mol. The number of nitrogens with zero attached hydrogens (tertiary/aromatic N) is 4. The monoisotopic (exact) mass is 420 g/mol. The van der Waals surface area contributed by atoms with Gasteiger partial charge in [0.2, 0.25) is 4.77 Å². The van der Waals surface area contributed by atoms with Crippen LogP contribution in [0.15, 0.2) is 48.5 Å². The number of halogens is 2. The van der Waals surface area contributed by atoms with Gasteiger partial charge in [0.25, 0.3) is 0 Å². The van der Waals surface area contributed by atoms with Crippen molar-refractivity contribution in [3.63, 3.8) is 0 Å². The maximum Gasteiger partial charge on any atom is 0.204 e. The van der Waals surface area contributed by atoms with Crippen LogP contribution in [-0.4, -0.2) is 45.6 Å². The Morgan fingerprint density at radius 3 is 2.48 bits per heavy atom. The fraction of sp³-hybridized carbons (Fsp3) is 0.263. The minimum absolute atomic E-state index is 0.540. The van der Waals surface area contributed by atoms with E-state index in [4.69, 9.17) is 45.3 Å². The fourth-order valence-corrected chi connectivity index (χ4v) is 3.87. The first kappa shape index (κ1) is 18.7. The van der Waals surface area contributed by atoms with Crippen molar-refractivity contribution < 1.29 is 4.74 Å². The number of hydrogen-bond donors (Lipinski definition) is 0. The predicted molar refractivity (Wildman–Crippen MR) is 110 cm³/mol. The van der Waals surface area contributed by atoms with Gasteiger partial charge in [-0.25, -0.2) is 4.68 Å². The predicted octanol–water partition coefficient (Wildman–Crippen LogP) is 4.67. The molecule has 0 unspecified atom stereocenters. The van der Waals surface area contributed by atoms with Gasteiger partial charge in [0.05, 0.1) is 24.9 Å². The second-order valence-corrected chi connectivity index (χ2v) is 7.48. The van der Waals surface area contributed by atoms with Crippen molar-refractivity contribution in [1.82, 2.24) is 19.2 Å². The lowest BCUT2D eigenvalue weighted by atomic mass is 10.2. The number of rotatable bonds is 4. The summed E-state index contributed by atoms with van der Waals surface area (Å²) >= 11 is 18.3. The molecule has 0 radical (unpaired) electrons. The van der Waals surface area contributed by atoms with E-state index in [0.29, 0.717) is 27.3 Å². The highest BCUT2D eigenvalue weighted by Crippen LogP contribution is 2.31. The molecule has 0 atom stereocenters. The maximum atomic E-state index is 6.47. The van der Waals surface area contributed by atoms with Crippen LogP contribution in [-0.2, 0) is 11.4 Å². The van der Waals surface area contributed by atoms with Crippen LogP contribution in [0.4, 0.5) is 0 Å². The second-order valence-electron chi connectivity index (χ2n) is 6.27. The molecule has 2 aromatic carbocycles. The van der Waals surface area contributed by atoms with Gasteiger partial charge >= 0.3 is 0 Å². The molecule has 0 amide bonds. The average Bonchev–Trinajstić information content (AvgIpc) is 2.99. The molecule has 1 aliphatic rings. The minimum atomic E-state index is 0.540. The van der Waals surface area contributed by atoms with Crippen LogP contribution >= 0.6 is 35.4 Å². The molecule has 3 aromatic rings. The van der Waals surface area contributed by atoms with Crippen molar-refractivity contribution in [3.8, 4) is 17.1 Å². The number of para-hydroxylation sites is 1. The molecule has 27 heavy (non-hydrogen) atoms. The molecular formula is C19H18Cl2N4OS. The molecule has 140 valence electrons. The summed E-state index contributed by atoms with van der Waals surface area (Å²) in [6.07, 6.45) is 0. The first-order chi connectivity index (χ1) is 13.1. The minimum Gasteiger partial charge on any atom is -0.379 e. The molecule has 8 heteroatoms. The van der Waals surface area contributed by atoms with Gasteiger partial charge in [-0.05, 0) is 42.5 Å². The van der Waals surface area contributed by atoms with E-state index in [1.54, 1.807) is 6.07 Å². The maximum absolute atomic E-state index is 6.47. The summed E-state index contributed by atoms with van der Waals surface area (Å²) in [6.45, 7) is 3.78. The molecule has 0 N–H and O–H groups in total. The first-order valence-corrected chi connectivity index (χ1v) is 9.81. The quantitative estimate of drug-likeness (QED) is 0.574. The van der Waals surface area contributed by atoms with Gasteiger partial charge in [0, 0.05) is 29.4 Å². The van der Waals surface area contributed by atoms with Crippen molar-refractivity contribution >= 4 is 35.4 Å². The van der Waals surface area contributed by atoms with Crippen LogP contribution < -0.4 is 0 Å². The van der Waals surface area contributed by atoms with Crippen molar-refractivity contribution in [2.75, 3.05) is 26.3 Å². The van der Waals surface area contributed by atoms with Crippen LogP contribution in [0, 0.1) is 4.77 Å². The highest BCUT2D eigenvalue weighted by atomic mass is 35.5. The Bertz CT molecular complexity index is 997. The van der Waals surface area contributed by atoms with Gasteiger partial charge in [-0.15, -0.1) is 5.10 Å². The molecule has 0 bridgehead atoms. The van der Waals surface area contributed by atoms with Crippen molar-refractivity contribution in [1.29, 1.82) is 0 Å². The van der Waals surface area contributed by atoms with E-state index in [-0.39, 0.29) is 0 Å². The summed E-state index contributed by atoms with van der Waals surface area (Å²) in [7, 11) is 0. The summed E-state index contributed by atoms with van der Waals surface area (Å²) in [5, 5.41) is 5.93. The van der Waals surface area contributed by atoms with Gasteiger partial charge in [0.1, 0.15) is 0 Å². The van der Waals surface area contributed by atoms with E-state index in [1.165, 1.54) is 0 Å². The lowest BCUT2D eigenvalue weighted by Crippen LogP contribution is -2.37. The van der Waals surface area contributed by atoms with Gasteiger partial charge in [0.15, 0.2) is 5.82 Å². The molecule has 0 spiro atoms. The normalized spacial score (nSPS) is 15.2. The Morgan fingerprint density at radius 2 is 1.78 bits per heavy atom. The third-order valence-electron chi connectivity index (χ3n) is 4.46. The van der Waals surface area contributed by atoms with Gasteiger partial charge in [-0.3, -0.25) is 9.47 Å². The topological polar surface area (TPSA) is 35.2 Å². The summed E-state index contributed by atoms with van der Waals surface area (Å²) < 4.78 is 9.84. The number of hydrogen-bond acceptors (Lipinski definition) is 4. The van der Waals surface area contributed by atoms with E-state index in [1.807, 2.05) is 51.7 Å². The van der Waals surface area contributed by atoms with Gasteiger partial charge in [-0.1, -0.05) is 41.4 Å². The standard InChI is InChI=1S/C19H18Cl2N4OS/c20-14-6-7-16(17(21)12-14)18-22-24(13-23-8-10-26-11-9-23)19(27)25(18)15-4-2-1-3-5-15/h1-7,12H,8-11,13H2. The summed E-state index contributed by atoms with van der Waals surface area (Å²) in [5.41, 5.74) is 1.73. The lowest BCUT2D eigenvalue weighted by molar-refractivity contribution is 0.0210. The SMILES string of the molecule is S=c1n(CN2CCOCC2)nc(-c2ccc(Cl)cc2Cl)n1-c1ccccc1. The third kappa shape index (κ3) is 3.95. The van der Waals surface area contributed by atoms with E-state index < -0.39 is 0 Å². The Kier molecular flexibility index (Phi) is 5.61. The zero-order valence-electron chi connectivity index (χ0n) is 14.5. The molecule has 2 heterocycles. The fourth-order valence-electron chi connectivity index (χ4n) is 3.09. The lowest BCUT2D eigenvalue weighted by Gasteiger charge is -2.26. The Balaban J connectivity index is 1.83. The van der Waals surface area contributed by atoms with Crippen LogP contribution in [0.3, 0.4) is 0 Å². The van der Waals surface area contributed by atoms with E-state index in [2.05, 4.69) is 4.90 Å². The van der Waals surface area contributed by atoms with Crippen LogP contribution in [0.1, 0.15) is 0 Å². The number of benzene rings is 2. The Hall–Kier alpha value is -1.70. The second kappa shape index (κ2) is 8.12. The molecule has 1 aromatic heterocycles. The molecule has 1 aliphatic heterocycles. The number of ether oxygens (including phenoxy) is 1. The van der Waals surface area contributed by atoms with Crippen LogP contribution in [0.2, 0.25) is 10.0 Å². The largest absolute Gasteiger partial charge is 0.379 e. The van der Waals surface area contributed by atoms with E-state index in [9.17, 15) is 0 Å². The van der Waals surface area contributed by atoms with E-state index >= 15 is 0 Å². The summed E-state index contributed by atoms with van der Waals surface area (Å²) in [4.78, 5) is 2.27. The molecule has 0 saturated carbocycles.